The molecule has 0 atom stereocenters. The highest BCUT2D eigenvalue weighted by Gasteiger charge is 2.32. The lowest BCUT2D eigenvalue weighted by Gasteiger charge is -2.16. The fourth-order valence-electron chi connectivity index (χ4n) is 2.27. The summed E-state index contributed by atoms with van der Waals surface area (Å²) in [5, 5.41) is 1.41. The maximum absolute atomic E-state index is 12.6. The smallest absolute Gasteiger partial charge is 0.285 e. The maximum atomic E-state index is 12.6. The van der Waals surface area contributed by atoms with Crippen LogP contribution in [0.1, 0.15) is 12.5 Å². The Balaban J connectivity index is 1.77. The zero-order valence-electron chi connectivity index (χ0n) is 13.1. The molecule has 1 N–H and O–H groups in total. The van der Waals surface area contributed by atoms with Gasteiger partial charge < -0.3 is 0 Å². The molecule has 1 saturated heterocycles. The summed E-state index contributed by atoms with van der Waals surface area (Å²) in [7, 11) is 0. The first-order chi connectivity index (χ1) is 11.6. The van der Waals surface area contributed by atoms with Gasteiger partial charge in [-0.2, -0.15) is 0 Å². The number of benzene rings is 2. The highest BCUT2D eigenvalue weighted by atomic mass is 32.2. The highest BCUT2D eigenvalue weighted by Crippen LogP contribution is 2.32. The molecule has 0 unspecified atom stereocenters. The number of amides is 1. The van der Waals surface area contributed by atoms with Gasteiger partial charge in [-0.1, -0.05) is 66.4 Å². The van der Waals surface area contributed by atoms with E-state index in [0.717, 1.165) is 16.8 Å². The van der Waals surface area contributed by atoms with Crippen molar-refractivity contribution in [1.82, 2.24) is 5.01 Å². The maximum Gasteiger partial charge on any atom is 0.285 e. The number of thioether (sulfide) groups is 1. The van der Waals surface area contributed by atoms with E-state index in [0.29, 0.717) is 9.23 Å². The van der Waals surface area contributed by atoms with Gasteiger partial charge >= 0.3 is 0 Å². The molecule has 1 aliphatic heterocycles. The summed E-state index contributed by atoms with van der Waals surface area (Å²) in [6.45, 7) is 1.98. The lowest BCUT2D eigenvalue weighted by Crippen LogP contribution is -2.33. The molecule has 2 aromatic rings. The molecular formula is C19H16N2OS2. The van der Waals surface area contributed by atoms with Gasteiger partial charge in [-0.3, -0.25) is 10.2 Å². The number of anilines is 1. The lowest BCUT2D eigenvalue weighted by molar-refractivity contribution is -0.121. The Morgan fingerprint density at radius 1 is 1.08 bits per heavy atom. The minimum atomic E-state index is -0.130. The largest absolute Gasteiger partial charge is 0.290 e. The summed E-state index contributed by atoms with van der Waals surface area (Å²) in [5.41, 5.74) is 5.98. The van der Waals surface area contributed by atoms with E-state index in [-0.39, 0.29) is 5.91 Å². The van der Waals surface area contributed by atoms with Crippen LogP contribution in [0.15, 0.2) is 77.2 Å². The number of hydrazine groups is 1. The molecule has 0 radical (unpaired) electrons. The Labute approximate surface area is 151 Å². The SMILES string of the molecule is CC(=C/c1ccccc1)/C=C1/SC(=S)N(Nc2ccccc2)C1=O. The number of hydrogen-bond acceptors (Lipinski definition) is 4. The fraction of sp³-hybridized carbons (Fsp3) is 0.0526. The van der Waals surface area contributed by atoms with Gasteiger partial charge in [0.25, 0.3) is 5.91 Å². The normalized spacial score (nSPS) is 16.8. The van der Waals surface area contributed by atoms with Gasteiger partial charge in [-0.15, -0.1) is 0 Å². The Kier molecular flexibility index (Phi) is 5.13. The van der Waals surface area contributed by atoms with Crippen LogP contribution in [0.5, 0.6) is 0 Å². The number of nitrogens with zero attached hydrogens (tertiary/aromatic N) is 1. The van der Waals surface area contributed by atoms with Crippen molar-refractivity contribution in [1.29, 1.82) is 0 Å². The van der Waals surface area contributed by atoms with Gasteiger partial charge in [0.15, 0.2) is 4.32 Å². The van der Waals surface area contributed by atoms with Crippen LogP contribution in [-0.2, 0) is 4.79 Å². The fourth-order valence-corrected chi connectivity index (χ4v) is 3.50. The molecular weight excluding hydrogens is 336 g/mol. The van der Waals surface area contributed by atoms with Crippen LogP contribution in [0.4, 0.5) is 5.69 Å². The molecule has 0 spiro atoms. The van der Waals surface area contributed by atoms with Crippen molar-refractivity contribution >= 4 is 46.0 Å². The molecule has 0 aliphatic carbocycles. The second kappa shape index (κ2) is 7.47. The number of rotatable bonds is 4. The van der Waals surface area contributed by atoms with Crippen molar-refractivity contribution < 1.29 is 4.79 Å². The van der Waals surface area contributed by atoms with Gasteiger partial charge in [-0.05, 0) is 48.5 Å². The molecule has 0 bridgehead atoms. The van der Waals surface area contributed by atoms with E-state index in [1.807, 2.05) is 79.7 Å². The van der Waals surface area contributed by atoms with E-state index >= 15 is 0 Å². The zero-order valence-corrected chi connectivity index (χ0v) is 14.7. The second-order valence-electron chi connectivity index (χ2n) is 5.29. The Morgan fingerprint density at radius 2 is 1.71 bits per heavy atom. The standard InChI is InChI=1S/C19H16N2OS2/c1-14(12-15-8-4-2-5-9-15)13-17-18(22)21(19(23)24-17)20-16-10-6-3-7-11-16/h2-13,20H,1H3/b14-12-,17-13+. The highest BCUT2D eigenvalue weighted by molar-refractivity contribution is 8.26. The number of hydrogen-bond donors (Lipinski definition) is 1. The van der Waals surface area contributed by atoms with Crippen LogP contribution in [0.25, 0.3) is 6.08 Å². The molecule has 5 heteroatoms. The van der Waals surface area contributed by atoms with Crippen molar-refractivity contribution in [3.63, 3.8) is 0 Å². The molecule has 3 rings (SSSR count). The summed E-state index contributed by atoms with van der Waals surface area (Å²) in [6, 6.07) is 19.5. The first-order valence-electron chi connectivity index (χ1n) is 7.46. The number of allylic oxidation sites excluding steroid dienone is 2. The Morgan fingerprint density at radius 3 is 2.38 bits per heavy atom. The third-order valence-corrected chi connectivity index (χ3v) is 4.66. The average molecular weight is 352 g/mol. The van der Waals surface area contributed by atoms with Crippen molar-refractivity contribution in [2.24, 2.45) is 0 Å². The van der Waals surface area contributed by atoms with Crippen molar-refractivity contribution in [2.45, 2.75) is 6.92 Å². The number of para-hydroxylation sites is 1. The van der Waals surface area contributed by atoms with Crippen LogP contribution in [0, 0.1) is 0 Å². The molecule has 120 valence electrons. The zero-order chi connectivity index (χ0) is 16.9. The summed E-state index contributed by atoms with van der Waals surface area (Å²) < 4.78 is 0.502. The van der Waals surface area contributed by atoms with Gasteiger partial charge in [-0.25, -0.2) is 5.01 Å². The van der Waals surface area contributed by atoms with Crippen LogP contribution in [0.2, 0.25) is 0 Å². The summed E-state index contributed by atoms with van der Waals surface area (Å²) in [4.78, 5) is 13.2. The molecule has 1 aliphatic rings. The molecule has 1 amide bonds. The molecule has 2 aromatic carbocycles. The van der Waals surface area contributed by atoms with Crippen LogP contribution in [0.3, 0.4) is 0 Å². The van der Waals surface area contributed by atoms with Crippen LogP contribution in [-0.4, -0.2) is 15.2 Å². The van der Waals surface area contributed by atoms with Crippen molar-refractivity contribution in [3.8, 4) is 0 Å². The summed E-state index contributed by atoms with van der Waals surface area (Å²) in [6.07, 6.45) is 3.91. The number of thiocarbonyl (C=S) groups is 1. The van der Waals surface area contributed by atoms with E-state index in [1.165, 1.54) is 16.8 Å². The monoisotopic (exact) mass is 352 g/mol. The van der Waals surface area contributed by atoms with Gasteiger partial charge in [0.2, 0.25) is 0 Å². The minimum absolute atomic E-state index is 0.130. The first kappa shape index (κ1) is 16.5. The van der Waals surface area contributed by atoms with Gasteiger partial charge in [0, 0.05) is 0 Å². The average Bonchev–Trinajstić information content (AvgIpc) is 2.84. The minimum Gasteiger partial charge on any atom is -0.290 e. The summed E-state index contributed by atoms with van der Waals surface area (Å²) in [5.74, 6) is -0.130. The number of carbonyl (C=O) groups is 1. The van der Waals surface area contributed by atoms with E-state index in [1.54, 1.807) is 0 Å². The van der Waals surface area contributed by atoms with E-state index in [4.69, 9.17) is 12.2 Å². The molecule has 24 heavy (non-hydrogen) atoms. The number of carbonyl (C=O) groups excluding carboxylic acids is 1. The molecule has 0 aromatic heterocycles. The Bertz CT molecular complexity index is 814. The topological polar surface area (TPSA) is 32.3 Å². The quantitative estimate of drug-likeness (QED) is 0.629. The van der Waals surface area contributed by atoms with Crippen LogP contribution < -0.4 is 5.43 Å². The molecule has 0 saturated carbocycles. The lowest BCUT2D eigenvalue weighted by atomic mass is 10.1. The summed E-state index contributed by atoms with van der Waals surface area (Å²) >= 11 is 6.63. The number of nitrogens with one attached hydrogen (secondary N) is 1. The molecule has 1 heterocycles. The predicted octanol–water partition coefficient (Wildman–Crippen LogP) is 4.86. The van der Waals surface area contributed by atoms with Crippen LogP contribution >= 0.6 is 24.0 Å². The first-order valence-corrected chi connectivity index (χ1v) is 8.69. The predicted molar refractivity (Wildman–Crippen MR) is 105 cm³/mol. The van der Waals surface area contributed by atoms with Gasteiger partial charge in [0.1, 0.15) is 0 Å². The molecule has 1 fully saturated rings. The van der Waals surface area contributed by atoms with E-state index in [9.17, 15) is 4.79 Å². The van der Waals surface area contributed by atoms with Crippen molar-refractivity contribution in [2.75, 3.05) is 5.43 Å². The van der Waals surface area contributed by atoms with E-state index in [2.05, 4.69) is 5.43 Å². The molecule has 3 nitrogen and oxygen atoms in total. The third kappa shape index (κ3) is 3.93. The van der Waals surface area contributed by atoms with E-state index < -0.39 is 0 Å². The third-order valence-electron chi connectivity index (χ3n) is 3.36. The second-order valence-corrected chi connectivity index (χ2v) is 6.97. The van der Waals surface area contributed by atoms with Gasteiger partial charge in [0.05, 0.1) is 10.6 Å². The van der Waals surface area contributed by atoms with Crippen molar-refractivity contribution in [3.05, 3.63) is 82.8 Å². The Hall–Kier alpha value is -2.37.